The van der Waals surface area contributed by atoms with Gasteiger partial charge in [-0.2, -0.15) is 11.8 Å². The Labute approximate surface area is 143 Å². The first-order valence-electron chi connectivity index (χ1n) is 8.04. The summed E-state index contributed by atoms with van der Waals surface area (Å²) < 4.78 is 5.69. The number of hydrogen-bond acceptors (Lipinski definition) is 5. The van der Waals surface area contributed by atoms with E-state index in [1.54, 1.807) is 18.0 Å². The van der Waals surface area contributed by atoms with Crippen molar-refractivity contribution in [2.24, 2.45) is 5.73 Å². The van der Waals surface area contributed by atoms with Gasteiger partial charge >= 0.3 is 0 Å². The maximum atomic E-state index is 12.5. The van der Waals surface area contributed by atoms with Crippen LogP contribution in [0.4, 0.5) is 0 Å². The van der Waals surface area contributed by atoms with E-state index >= 15 is 0 Å². The van der Waals surface area contributed by atoms with Gasteiger partial charge in [-0.3, -0.25) is 9.78 Å². The van der Waals surface area contributed by atoms with E-state index in [9.17, 15) is 4.79 Å². The zero-order valence-electron chi connectivity index (χ0n) is 14.2. The van der Waals surface area contributed by atoms with Gasteiger partial charge in [0.1, 0.15) is 0 Å². The fourth-order valence-electron chi connectivity index (χ4n) is 2.56. The summed E-state index contributed by atoms with van der Waals surface area (Å²) in [6, 6.07) is 3.45. The molecule has 0 radical (unpaired) electrons. The van der Waals surface area contributed by atoms with Gasteiger partial charge < -0.3 is 15.4 Å². The topological polar surface area (TPSA) is 68.5 Å². The number of piperidine rings is 1. The Bertz CT molecular complexity index is 502. The van der Waals surface area contributed by atoms with Crippen molar-refractivity contribution in [3.8, 4) is 0 Å². The van der Waals surface area contributed by atoms with E-state index in [0.29, 0.717) is 19.7 Å². The number of carbonyl (C=O) groups is 1. The van der Waals surface area contributed by atoms with Gasteiger partial charge in [-0.1, -0.05) is 6.07 Å². The first kappa shape index (κ1) is 18.2. The molecule has 6 heteroatoms. The number of ether oxygens (including phenoxy) is 1. The number of likely N-dealkylation sites (tertiary alicyclic amines) is 1. The Balaban J connectivity index is 1.78. The largest absolute Gasteiger partial charge is 0.373 e. The lowest BCUT2D eigenvalue weighted by Crippen LogP contribution is -2.55. The van der Waals surface area contributed by atoms with Crippen molar-refractivity contribution in [3.63, 3.8) is 0 Å². The minimum Gasteiger partial charge on any atom is -0.373 e. The molecule has 0 spiro atoms. The molecule has 0 aliphatic carbocycles. The Kier molecular flexibility index (Phi) is 6.44. The summed E-state index contributed by atoms with van der Waals surface area (Å²) in [7, 11) is 0. The van der Waals surface area contributed by atoms with Crippen molar-refractivity contribution in [2.75, 3.05) is 19.3 Å². The van der Waals surface area contributed by atoms with Crippen LogP contribution in [0.5, 0.6) is 0 Å². The Morgan fingerprint density at radius 1 is 1.52 bits per heavy atom. The molecule has 1 saturated heterocycles. The van der Waals surface area contributed by atoms with Gasteiger partial charge in [-0.15, -0.1) is 0 Å². The van der Waals surface area contributed by atoms with Crippen molar-refractivity contribution in [3.05, 3.63) is 30.1 Å². The van der Waals surface area contributed by atoms with E-state index in [4.69, 9.17) is 10.5 Å². The highest BCUT2D eigenvalue weighted by Crippen LogP contribution is 2.26. The first-order valence-corrected chi connectivity index (χ1v) is 9.26. The maximum absolute atomic E-state index is 12.5. The third kappa shape index (κ3) is 4.93. The summed E-state index contributed by atoms with van der Waals surface area (Å²) in [4.78, 5) is 18.5. The number of rotatable bonds is 6. The number of thioether (sulfide) groups is 1. The fraction of sp³-hybridized carbons (Fsp3) is 0.647. The van der Waals surface area contributed by atoms with Crippen molar-refractivity contribution < 1.29 is 9.53 Å². The van der Waals surface area contributed by atoms with Crippen LogP contribution in [0.2, 0.25) is 0 Å². The molecule has 128 valence electrons. The van der Waals surface area contributed by atoms with Gasteiger partial charge in [0.05, 0.1) is 18.8 Å². The molecule has 1 atom stereocenters. The lowest BCUT2D eigenvalue weighted by Gasteiger charge is -2.37. The number of hydrogen-bond donors (Lipinski definition) is 1. The second kappa shape index (κ2) is 8.13. The zero-order valence-corrected chi connectivity index (χ0v) is 15.0. The van der Waals surface area contributed by atoms with Crippen molar-refractivity contribution >= 4 is 17.7 Å². The fourth-order valence-corrected chi connectivity index (χ4v) is 2.92. The second-order valence-electron chi connectivity index (χ2n) is 6.48. The van der Waals surface area contributed by atoms with Gasteiger partial charge in [-0.05, 0) is 44.6 Å². The molecule has 1 aliphatic rings. The summed E-state index contributed by atoms with van der Waals surface area (Å²) in [5, 5.41) is 0. The number of aromatic nitrogens is 1. The van der Waals surface area contributed by atoms with E-state index in [0.717, 1.165) is 18.4 Å². The smallest absolute Gasteiger partial charge is 0.240 e. The Morgan fingerprint density at radius 2 is 2.22 bits per heavy atom. The quantitative estimate of drug-likeness (QED) is 0.860. The molecule has 0 aromatic carbocycles. The van der Waals surface area contributed by atoms with Crippen LogP contribution < -0.4 is 5.73 Å². The van der Waals surface area contributed by atoms with Gasteiger partial charge in [0, 0.05) is 30.2 Å². The first-order chi connectivity index (χ1) is 10.9. The summed E-state index contributed by atoms with van der Waals surface area (Å²) in [5.74, 6) is 0.0510. The molecule has 0 saturated carbocycles. The molecule has 1 aromatic heterocycles. The average Bonchev–Trinajstić information content (AvgIpc) is 2.60. The number of pyridine rings is 1. The molecule has 2 N–H and O–H groups in total. The normalized spacial score (nSPS) is 18.0. The van der Waals surface area contributed by atoms with Crippen LogP contribution in [0.1, 0.15) is 32.3 Å². The van der Waals surface area contributed by atoms with Crippen LogP contribution in [0.3, 0.4) is 0 Å². The van der Waals surface area contributed by atoms with Crippen LogP contribution >= 0.6 is 11.8 Å². The van der Waals surface area contributed by atoms with Crippen molar-refractivity contribution in [1.29, 1.82) is 0 Å². The molecule has 1 fully saturated rings. The summed E-state index contributed by atoms with van der Waals surface area (Å²) in [5.41, 5.74) is 7.23. The second-order valence-corrected chi connectivity index (χ2v) is 7.94. The zero-order chi connectivity index (χ0) is 16.9. The molecule has 0 unspecified atom stereocenters. The monoisotopic (exact) mass is 337 g/mol. The van der Waals surface area contributed by atoms with Gasteiger partial charge in [-0.25, -0.2) is 0 Å². The predicted molar refractivity (Wildman–Crippen MR) is 94.2 cm³/mol. The van der Waals surface area contributed by atoms with E-state index in [2.05, 4.69) is 4.98 Å². The third-order valence-corrected chi connectivity index (χ3v) is 5.81. The maximum Gasteiger partial charge on any atom is 0.240 e. The van der Waals surface area contributed by atoms with Crippen LogP contribution in [-0.2, 0) is 16.1 Å². The van der Waals surface area contributed by atoms with E-state index in [1.807, 2.05) is 43.3 Å². The standard InChI is InChI=1S/C17H27N3O2S/c1-17(2,23-3)15(18)16(21)20-9-6-14(7-10-20)22-12-13-5-4-8-19-11-13/h4-5,8,11,14-15H,6-7,9-10,12,18H2,1-3H3/t15-/m1/s1. The van der Waals surface area contributed by atoms with Crippen LogP contribution in [0.25, 0.3) is 0 Å². The minimum absolute atomic E-state index is 0.0510. The van der Waals surface area contributed by atoms with Crippen LogP contribution in [0, 0.1) is 0 Å². The SMILES string of the molecule is CSC(C)(C)[C@H](N)C(=O)N1CCC(OCc2cccnc2)CC1. The Hall–Kier alpha value is -1.11. The molecule has 1 aromatic rings. The van der Waals surface area contributed by atoms with Crippen molar-refractivity contribution in [1.82, 2.24) is 9.88 Å². The molecule has 2 rings (SSSR count). The van der Waals surface area contributed by atoms with Crippen LogP contribution in [0.15, 0.2) is 24.5 Å². The average molecular weight is 337 g/mol. The highest BCUT2D eigenvalue weighted by Gasteiger charge is 2.35. The highest BCUT2D eigenvalue weighted by atomic mass is 32.2. The van der Waals surface area contributed by atoms with Gasteiger partial charge in [0.25, 0.3) is 0 Å². The lowest BCUT2D eigenvalue weighted by atomic mass is 10.0. The number of carbonyl (C=O) groups excluding carboxylic acids is 1. The van der Waals surface area contributed by atoms with Gasteiger partial charge in [0.2, 0.25) is 5.91 Å². The summed E-state index contributed by atoms with van der Waals surface area (Å²) in [6.07, 6.45) is 7.49. The van der Waals surface area contributed by atoms with E-state index in [-0.39, 0.29) is 16.8 Å². The lowest BCUT2D eigenvalue weighted by molar-refractivity contribution is -0.136. The highest BCUT2D eigenvalue weighted by molar-refractivity contribution is 8.00. The van der Waals surface area contributed by atoms with Crippen LogP contribution in [-0.4, -0.2) is 52.0 Å². The molecular weight excluding hydrogens is 310 g/mol. The van der Waals surface area contributed by atoms with E-state index in [1.165, 1.54) is 0 Å². The molecular formula is C17H27N3O2S. The van der Waals surface area contributed by atoms with Crippen molar-refractivity contribution in [2.45, 2.75) is 50.2 Å². The number of amides is 1. The van der Waals surface area contributed by atoms with Gasteiger partial charge in [0.15, 0.2) is 0 Å². The summed E-state index contributed by atoms with van der Waals surface area (Å²) >= 11 is 1.63. The summed E-state index contributed by atoms with van der Waals surface area (Å²) in [6.45, 7) is 6.04. The number of nitrogens with two attached hydrogens (primary N) is 1. The molecule has 1 aliphatic heterocycles. The minimum atomic E-state index is -0.467. The molecule has 0 bridgehead atoms. The molecule has 1 amide bonds. The molecule has 5 nitrogen and oxygen atoms in total. The molecule has 23 heavy (non-hydrogen) atoms. The Morgan fingerprint density at radius 3 is 2.78 bits per heavy atom. The number of nitrogens with zero attached hydrogens (tertiary/aromatic N) is 2. The third-order valence-electron chi connectivity index (χ3n) is 4.50. The van der Waals surface area contributed by atoms with E-state index < -0.39 is 6.04 Å². The molecule has 2 heterocycles. The predicted octanol–water partition coefficient (Wildman–Crippen LogP) is 2.06.